The summed E-state index contributed by atoms with van der Waals surface area (Å²) in [5.41, 5.74) is 2.16. The normalized spacial score (nSPS) is 35.2. The van der Waals surface area contributed by atoms with E-state index >= 15 is 0 Å². The third-order valence-corrected chi connectivity index (χ3v) is 3.10. The Morgan fingerprint density at radius 3 is 2.67 bits per heavy atom. The van der Waals surface area contributed by atoms with Gasteiger partial charge in [0.05, 0.1) is 6.04 Å². The van der Waals surface area contributed by atoms with Crippen LogP contribution in [0.5, 0.6) is 0 Å². The lowest BCUT2D eigenvalue weighted by atomic mass is 9.68. The van der Waals surface area contributed by atoms with Crippen molar-refractivity contribution in [2.24, 2.45) is 11.3 Å². The summed E-state index contributed by atoms with van der Waals surface area (Å²) in [7, 11) is 0. The zero-order valence-corrected chi connectivity index (χ0v) is 7.92. The number of nitrogens with one attached hydrogen (secondary N) is 1. The molecule has 1 aliphatic rings. The quantitative estimate of drug-likeness (QED) is 0.586. The maximum absolute atomic E-state index is 11.4. The molecule has 0 aromatic carbocycles. The molecule has 0 heterocycles. The molecule has 2 N–H and O–H groups in total. The molecular formula is C9H17NO2. The van der Waals surface area contributed by atoms with Gasteiger partial charge >= 0.3 is 0 Å². The first-order chi connectivity index (χ1) is 5.47. The maximum Gasteiger partial charge on any atom is 0.152 e. The summed E-state index contributed by atoms with van der Waals surface area (Å²) in [5.74, 6) is 0.598. The molecule has 2 atom stereocenters. The van der Waals surface area contributed by atoms with Crippen molar-refractivity contribution in [1.82, 2.24) is 5.48 Å². The van der Waals surface area contributed by atoms with Crippen LogP contribution in [-0.4, -0.2) is 17.0 Å². The van der Waals surface area contributed by atoms with Crippen LogP contribution in [0.1, 0.15) is 33.6 Å². The zero-order valence-electron chi connectivity index (χ0n) is 7.92. The highest BCUT2D eigenvalue weighted by molar-refractivity contribution is 5.85. The molecule has 0 aromatic heterocycles. The second-order valence-electron chi connectivity index (χ2n) is 4.45. The second kappa shape index (κ2) is 3.15. The Bertz CT molecular complexity index is 189. The number of hydrogen-bond acceptors (Lipinski definition) is 3. The van der Waals surface area contributed by atoms with Crippen LogP contribution in [0, 0.1) is 11.3 Å². The number of hydrogen-bond donors (Lipinski definition) is 2. The molecule has 1 rings (SSSR count). The standard InChI is InChI=1S/C9H17NO2/c1-6-4-7(10-12)8(11)5-9(6,2)3/h6-7,10,12H,4-5H2,1-3H3/t6-,7?/m0/s1. The molecule has 1 aliphatic carbocycles. The molecule has 3 heteroatoms. The SMILES string of the molecule is C[C@H]1CC(NO)C(=O)CC1(C)C. The van der Waals surface area contributed by atoms with Crippen molar-refractivity contribution in [3.8, 4) is 0 Å². The van der Waals surface area contributed by atoms with E-state index in [1.807, 2.05) is 0 Å². The molecule has 3 nitrogen and oxygen atoms in total. The van der Waals surface area contributed by atoms with E-state index in [0.717, 1.165) is 6.42 Å². The molecule has 1 saturated carbocycles. The third-order valence-electron chi connectivity index (χ3n) is 3.10. The van der Waals surface area contributed by atoms with E-state index < -0.39 is 0 Å². The average molecular weight is 171 g/mol. The van der Waals surface area contributed by atoms with Gasteiger partial charge in [-0.15, -0.1) is 0 Å². The summed E-state index contributed by atoms with van der Waals surface area (Å²) in [6.45, 7) is 6.32. The van der Waals surface area contributed by atoms with Crippen molar-refractivity contribution < 1.29 is 10.0 Å². The van der Waals surface area contributed by atoms with Gasteiger partial charge in [-0.2, -0.15) is 5.48 Å². The molecule has 0 spiro atoms. The number of carbonyl (C=O) groups excluding carboxylic acids is 1. The Labute approximate surface area is 73.1 Å². The van der Waals surface area contributed by atoms with Gasteiger partial charge in [0, 0.05) is 6.42 Å². The summed E-state index contributed by atoms with van der Waals surface area (Å²) < 4.78 is 0. The molecule has 0 radical (unpaired) electrons. The highest BCUT2D eigenvalue weighted by atomic mass is 16.5. The fraction of sp³-hybridized carbons (Fsp3) is 0.889. The Balaban J connectivity index is 2.69. The predicted molar refractivity (Wildman–Crippen MR) is 45.9 cm³/mol. The van der Waals surface area contributed by atoms with Crippen LogP contribution in [0.25, 0.3) is 0 Å². The first-order valence-electron chi connectivity index (χ1n) is 4.39. The largest absolute Gasteiger partial charge is 0.316 e. The molecule has 0 saturated heterocycles. The first kappa shape index (κ1) is 9.68. The van der Waals surface area contributed by atoms with Gasteiger partial charge in [-0.1, -0.05) is 20.8 Å². The van der Waals surface area contributed by atoms with Gasteiger partial charge in [0.1, 0.15) is 0 Å². The number of Topliss-reactive ketones (excluding diaryl/α,β-unsaturated/α-hetero) is 1. The Morgan fingerprint density at radius 2 is 2.17 bits per heavy atom. The van der Waals surface area contributed by atoms with Crippen molar-refractivity contribution in [2.75, 3.05) is 0 Å². The van der Waals surface area contributed by atoms with Gasteiger partial charge in [0.15, 0.2) is 5.78 Å². The van der Waals surface area contributed by atoms with Crippen LogP contribution >= 0.6 is 0 Å². The lowest BCUT2D eigenvalue weighted by Crippen LogP contribution is -2.45. The van der Waals surface area contributed by atoms with E-state index in [-0.39, 0.29) is 17.2 Å². The van der Waals surface area contributed by atoms with Crippen molar-refractivity contribution in [1.29, 1.82) is 0 Å². The van der Waals surface area contributed by atoms with Gasteiger partial charge in [-0.05, 0) is 17.8 Å². The van der Waals surface area contributed by atoms with Crippen LogP contribution in [-0.2, 0) is 4.79 Å². The van der Waals surface area contributed by atoms with Crippen LogP contribution in [0.15, 0.2) is 0 Å². The molecule has 0 aromatic rings. The monoisotopic (exact) mass is 171 g/mol. The smallest absolute Gasteiger partial charge is 0.152 e. The number of ketones is 1. The summed E-state index contributed by atoms with van der Waals surface area (Å²) >= 11 is 0. The van der Waals surface area contributed by atoms with Gasteiger partial charge in [0.2, 0.25) is 0 Å². The predicted octanol–water partition coefficient (Wildman–Crippen LogP) is 1.36. The van der Waals surface area contributed by atoms with Crippen LogP contribution in [0.4, 0.5) is 0 Å². The van der Waals surface area contributed by atoms with E-state index in [1.54, 1.807) is 0 Å². The summed E-state index contributed by atoms with van der Waals surface area (Å²) in [6, 6.07) is -0.340. The second-order valence-corrected chi connectivity index (χ2v) is 4.45. The maximum atomic E-state index is 11.4. The fourth-order valence-corrected chi connectivity index (χ4v) is 1.68. The van der Waals surface area contributed by atoms with Crippen molar-refractivity contribution in [3.05, 3.63) is 0 Å². The Hall–Kier alpha value is -0.410. The summed E-state index contributed by atoms with van der Waals surface area (Å²) in [6.07, 6.45) is 1.30. The highest BCUT2D eigenvalue weighted by Gasteiger charge is 2.38. The fourth-order valence-electron chi connectivity index (χ4n) is 1.68. The van der Waals surface area contributed by atoms with Crippen LogP contribution in [0.2, 0.25) is 0 Å². The Morgan fingerprint density at radius 1 is 1.58 bits per heavy atom. The lowest BCUT2D eigenvalue weighted by molar-refractivity contribution is -0.130. The lowest BCUT2D eigenvalue weighted by Gasteiger charge is -2.38. The van der Waals surface area contributed by atoms with Crippen molar-refractivity contribution in [3.63, 3.8) is 0 Å². The molecule has 1 unspecified atom stereocenters. The van der Waals surface area contributed by atoms with Gasteiger partial charge < -0.3 is 5.21 Å². The van der Waals surface area contributed by atoms with E-state index in [2.05, 4.69) is 26.3 Å². The van der Waals surface area contributed by atoms with E-state index in [9.17, 15) is 4.79 Å². The molecule has 0 amide bonds. The molecule has 1 fully saturated rings. The molecule has 0 aliphatic heterocycles. The van der Waals surface area contributed by atoms with Crippen LogP contribution < -0.4 is 5.48 Å². The van der Waals surface area contributed by atoms with Crippen LogP contribution in [0.3, 0.4) is 0 Å². The van der Waals surface area contributed by atoms with E-state index in [1.165, 1.54) is 0 Å². The molecule has 0 bridgehead atoms. The highest BCUT2D eigenvalue weighted by Crippen LogP contribution is 2.38. The minimum atomic E-state index is -0.340. The number of hydroxylamine groups is 1. The summed E-state index contributed by atoms with van der Waals surface area (Å²) in [4.78, 5) is 11.4. The number of carbonyl (C=O) groups is 1. The minimum absolute atomic E-state index is 0.0877. The Kier molecular flexibility index (Phi) is 2.54. The van der Waals surface area contributed by atoms with Gasteiger partial charge in [-0.3, -0.25) is 4.79 Å². The molecular weight excluding hydrogens is 154 g/mol. The van der Waals surface area contributed by atoms with E-state index in [4.69, 9.17) is 5.21 Å². The molecule has 70 valence electrons. The molecule has 12 heavy (non-hydrogen) atoms. The minimum Gasteiger partial charge on any atom is -0.316 e. The summed E-state index contributed by atoms with van der Waals surface area (Å²) in [5, 5.41) is 8.68. The van der Waals surface area contributed by atoms with Gasteiger partial charge in [0.25, 0.3) is 0 Å². The average Bonchev–Trinajstić information content (AvgIpc) is 1.96. The van der Waals surface area contributed by atoms with Crippen molar-refractivity contribution in [2.45, 2.75) is 39.7 Å². The number of rotatable bonds is 1. The van der Waals surface area contributed by atoms with E-state index in [0.29, 0.717) is 12.3 Å². The van der Waals surface area contributed by atoms with Crippen molar-refractivity contribution >= 4 is 5.78 Å². The third kappa shape index (κ3) is 1.67. The van der Waals surface area contributed by atoms with Gasteiger partial charge in [-0.25, -0.2) is 0 Å². The topological polar surface area (TPSA) is 49.3 Å². The zero-order chi connectivity index (χ0) is 9.35. The first-order valence-corrected chi connectivity index (χ1v) is 4.39.